The summed E-state index contributed by atoms with van der Waals surface area (Å²) in [6.45, 7) is 1.93. The molecule has 9 heteroatoms. The molecule has 1 rings (SSSR count). The smallest absolute Gasteiger partial charge is 0.253 e. The molecular weight excluding hydrogens is 274 g/mol. The molecule has 2 amide bonds. The van der Waals surface area contributed by atoms with Crippen LogP contribution in [0.5, 0.6) is 0 Å². The van der Waals surface area contributed by atoms with Crippen LogP contribution in [-0.4, -0.2) is 70.3 Å². The van der Waals surface area contributed by atoms with Crippen molar-refractivity contribution in [3.63, 3.8) is 0 Å². The summed E-state index contributed by atoms with van der Waals surface area (Å²) in [4.78, 5) is 25.0. The standard InChI is InChI=1S/C10H19N3O5S/c1-10(9(15)11-2)7-13(4-5-18-10)8(14)6-12-19(3,16)17/h12H,4-7H2,1-3H3,(H,11,15)/t10-/m0/s1. The van der Waals surface area contributed by atoms with Crippen LogP contribution in [-0.2, 0) is 24.3 Å². The van der Waals surface area contributed by atoms with Crippen molar-refractivity contribution in [2.45, 2.75) is 12.5 Å². The van der Waals surface area contributed by atoms with Crippen molar-refractivity contribution in [3.8, 4) is 0 Å². The molecule has 110 valence electrons. The molecule has 1 heterocycles. The van der Waals surface area contributed by atoms with Crippen LogP contribution in [0.15, 0.2) is 0 Å². The third-order valence-electron chi connectivity index (χ3n) is 2.82. The molecule has 1 aliphatic heterocycles. The highest BCUT2D eigenvalue weighted by Crippen LogP contribution is 2.17. The predicted molar refractivity (Wildman–Crippen MR) is 67.9 cm³/mol. The molecule has 0 aromatic heterocycles. The first-order chi connectivity index (χ1) is 8.68. The van der Waals surface area contributed by atoms with Gasteiger partial charge in [0.25, 0.3) is 5.91 Å². The van der Waals surface area contributed by atoms with Crippen LogP contribution >= 0.6 is 0 Å². The molecular formula is C10H19N3O5S. The van der Waals surface area contributed by atoms with E-state index < -0.39 is 15.6 Å². The van der Waals surface area contributed by atoms with E-state index in [1.54, 1.807) is 6.92 Å². The van der Waals surface area contributed by atoms with Gasteiger partial charge in [0.1, 0.15) is 0 Å². The van der Waals surface area contributed by atoms with Crippen LogP contribution in [0.3, 0.4) is 0 Å². The van der Waals surface area contributed by atoms with Gasteiger partial charge in [0, 0.05) is 13.6 Å². The summed E-state index contributed by atoms with van der Waals surface area (Å²) in [5.74, 6) is -0.704. The van der Waals surface area contributed by atoms with Crippen molar-refractivity contribution in [2.75, 3.05) is 39.5 Å². The first-order valence-corrected chi connectivity index (χ1v) is 7.65. The SMILES string of the molecule is CNC(=O)[C@]1(C)CN(C(=O)CNS(C)(=O)=O)CCO1. The molecule has 1 aliphatic rings. The van der Waals surface area contributed by atoms with Crippen LogP contribution in [0.1, 0.15) is 6.92 Å². The molecule has 1 saturated heterocycles. The van der Waals surface area contributed by atoms with E-state index in [-0.39, 0.29) is 31.5 Å². The minimum absolute atomic E-state index is 0.0942. The van der Waals surface area contributed by atoms with Gasteiger partial charge in [0.2, 0.25) is 15.9 Å². The minimum atomic E-state index is -3.42. The number of carbonyl (C=O) groups is 2. The Kier molecular flexibility index (Phi) is 4.88. The molecule has 0 bridgehead atoms. The number of ether oxygens (including phenoxy) is 1. The Morgan fingerprint density at radius 3 is 2.58 bits per heavy atom. The van der Waals surface area contributed by atoms with Gasteiger partial charge in [-0.25, -0.2) is 13.1 Å². The number of hydrogen-bond donors (Lipinski definition) is 2. The Morgan fingerprint density at radius 2 is 2.05 bits per heavy atom. The van der Waals surface area contributed by atoms with Gasteiger partial charge in [-0.1, -0.05) is 0 Å². The third kappa shape index (κ3) is 4.44. The number of carbonyl (C=O) groups excluding carboxylic acids is 2. The number of morpholine rings is 1. The average molecular weight is 293 g/mol. The van der Waals surface area contributed by atoms with Crippen LogP contribution < -0.4 is 10.0 Å². The quantitative estimate of drug-likeness (QED) is 0.618. The first-order valence-electron chi connectivity index (χ1n) is 5.76. The minimum Gasteiger partial charge on any atom is -0.362 e. The van der Waals surface area contributed by atoms with Crippen molar-refractivity contribution in [1.29, 1.82) is 0 Å². The second kappa shape index (κ2) is 5.85. The Morgan fingerprint density at radius 1 is 1.42 bits per heavy atom. The Hall–Kier alpha value is -1.19. The highest BCUT2D eigenvalue weighted by atomic mass is 32.2. The van der Waals surface area contributed by atoms with Crippen molar-refractivity contribution in [1.82, 2.24) is 14.9 Å². The number of sulfonamides is 1. The molecule has 0 aromatic carbocycles. The Bertz CT molecular complexity index is 464. The fourth-order valence-corrected chi connectivity index (χ4v) is 2.17. The fourth-order valence-electron chi connectivity index (χ4n) is 1.79. The Balaban J connectivity index is 2.64. The van der Waals surface area contributed by atoms with E-state index in [4.69, 9.17) is 4.74 Å². The predicted octanol–water partition coefficient (Wildman–Crippen LogP) is -2.10. The maximum Gasteiger partial charge on any atom is 0.253 e. The molecule has 0 radical (unpaired) electrons. The van der Waals surface area contributed by atoms with E-state index in [1.807, 2.05) is 0 Å². The van der Waals surface area contributed by atoms with Crippen molar-refractivity contribution in [2.24, 2.45) is 0 Å². The highest BCUT2D eigenvalue weighted by Gasteiger charge is 2.40. The van der Waals surface area contributed by atoms with Crippen LogP contribution in [0.4, 0.5) is 0 Å². The lowest BCUT2D eigenvalue weighted by Crippen LogP contribution is -2.59. The molecule has 19 heavy (non-hydrogen) atoms. The molecule has 1 atom stereocenters. The summed E-state index contributed by atoms with van der Waals surface area (Å²) in [6, 6.07) is 0. The van der Waals surface area contributed by atoms with Crippen molar-refractivity contribution < 1.29 is 22.7 Å². The molecule has 0 aliphatic carbocycles. The summed E-state index contributed by atoms with van der Waals surface area (Å²) < 4.78 is 29.4. The lowest BCUT2D eigenvalue weighted by Gasteiger charge is -2.39. The topological polar surface area (TPSA) is 105 Å². The van der Waals surface area contributed by atoms with Gasteiger partial charge in [-0.15, -0.1) is 0 Å². The lowest BCUT2D eigenvalue weighted by atomic mass is 10.0. The zero-order valence-corrected chi connectivity index (χ0v) is 12.0. The maximum atomic E-state index is 11.9. The molecule has 0 unspecified atom stereocenters. The molecule has 0 saturated carbocycles. The van der Waals surface area contributed by atoms with E-state index in [0.29, 0.717) is 6.54 Å². The van der Waals surface area contributed by atoms with E-state index in [0.717, 1.165) is 6.26 Å². The van der Waals surface area contributed by atoms with Gasteiger partial charge in [-0.2, -0.15) is 0 Å². The largest absolute Gasteiger partial charge is 0.362 e. The summed E-state index contributed by atoms with van der Waals surface area (Å²) in [6.07, 6.45) is 0.980. The zero-order chi connectivity index (χ0) is 14.7. The van der Waals surface area contributed by atoms with Gasteiger partial charge in [0.15, 0.2) is 5.60 Å². The lowest BCUT2D eigenvalue weighted by molar-refractivity contribution is -0.162. The van der Waals surface area contributed by atoms with E-state index >= 15 is 0 Å². The van der Waals surface area contributed by atoms with Crippen molar-refractivity contribution >= 4 is 21.8 Å². The number of nitrogens with zero attached hydrogens (tertiary/aromatic N) is 1. The summed E-state index contributed by atoms with van der Waals surface area (Å²) in [7, 11) is -1.93. The Labute approximate surface area is 112 Å². The van der Waals surface area contributed by atoms with E-state index in [2.05, 4.69) is 10.0 Å². The number of hydrogen-bond acceptors (Lipinski definition) is 5. The summed E-state index contributed by atoms with van der Waals surface area (Å²) >= 11 is 0. The van der Waals surface area contributed by atoms with Gasteiger partial charge in [-0.3, -0.25) is 9.59 Å². The van der Waals surface area contributed by atoms with Crippen molar-refractivity contribution in [3.05, 3.63) is 0 Å². The molecule has 1 fully saturated rings. The monoisotopic (exact) mass is 293 g/mol. The number of likely N-dealkylation sites (N-methyl/N-ethyl adjacent to an activating group) is 1. The van der Waals surface area contributed by atoms with Gasteiger partial charge < -0.3 is 15.0 Å². The second-order valence-electron chi connectivity index (χ2n) is 4.57. The normalized spacial score (nSPS) is 24.1. The van der Waals surface area contributed by atoms with Crippen LogP contribution in [0, 0.1) is 0 Å². The number of rotatable bonds is 4. The molecule has 8 nitrogen and oxygen atoms in total. The van der Waals surface area contributed by atoms with Crippen LogP contribution in [0.25, 0.3) is 0 Å². The second-order valence-corrected chi connectivity index (χ2v) is 6.40. The van der Waals surface area contributed by atoms with Gasteiger partial charge in [-0.05, 0) is 6.92 Å². The van der Waals surface area contributed by atoms with Gasteiger partial charge in [0.05, 0.1) is 26.0 Å². The number of amides is 2. The zero-order valence-electron chi connectivity index (χ0n) is 11.2. The summed E-state index contributed by atoms with van der Waals surface area (Å²) in [5, 5.41) is 2.48. The highest BCUT2D eigenvalue weighted by molar-refractivity contribution is 7.88. The van der Waals surface area contributed by atoms with Gasteiger partial charge >= 0.3 is 0 Å². The van der Waals surface area contributed by atoms with Crippen LogP contribution in [0.2, 0.25) is 0 Å². The van der Waals surface area contributed by atoms with E-state index in [1.165, 1.54) is 11.9 Å². The fraction of sp³-hybridized carbons (Fsp3) is 0.800. The molecule has 0 aromatic rings. The van der Waals surface area contributed by atoms with E-state index in [9.17, 15) is 18.0 Å². The summed E-state index contributed by atoms with van der Waals surface area (Å²) in [5.41, 5.74) is -1.10. The first kappa shape index (κ1) is 15.9. The molecule has 2 N–H and O–H groups in total. The maximum absolute atomic E-state index is 11.9. The molecule has 0 spiro atoms. The third-order valence-corrected chi connectivity index (χ3v) is 3.49. The average Bonchev–Trinajstić information content (AvgIpc) is 2.34. The number of nitrogens with one attached hydrogen (secondary N) is 2.